The van der Waals surface area contributed by atoms with Crippen LogP contribution in [0.25, 0.3) is 0 Å². The molecule has 2 aliphatic rings. The molecule has 0 aliphatic carbocycles. The predicted molar refractivity (Wildman–Crippen MR) is 65.3 cm³/mol. The Labute approximate surface area is 108 Å². The normalized spacial score (nSPS) is 25.7. The maximum atomic E-state index is 11.9. The molecule has 6 heteroatoms. The van der Waals surface area contributed by atoms with Gasteiger partial charge in [-0.25, -0.2) is 4.79 Å². The molecule has 2 fully saturated rings. The lowest BCUT2D eigenvalue weighted by molar-refractivity contribution is -0.205. The van der Waals surface area contributed by atoms with E-state index in [2.05, 4.69) is 5.32 Å². The van der Waals surface area contributed by atoms with Crippen molar-refractivity contribution < 1.29 is 19.0 Å². The Morgan fingerprint density at radius 2 is 2.11 bits per heavy atom. The van der Waals surface area contributed by atoms with Gasteiger partial charge in [-0.15, -0.1) is 0 Å². The minimum atomic E-state index is -0.469. The number of carbonyl (C=O) groups excluding carboxylic acids is 1. The number of ether oxygens (including phenoxy) is 3. The Kier molecular flexibility index (Phi) is 4.09. The highest BCUT2D eigenvalue weighted by atomic mass is 16.7. The van der Waals surface area contributed by atoms with Crippen LogP contribution in [0.2, 0.25) is 0 Å². The van der Waals surface area contributed by atoms with Crippen molar-refractivity contribution in [2.45, 2.75) is 38.8 Å². The van der Waals surface area contributed by atoms with Gasteiger partial charge >= 0.3 is 6.09 Å². The van der Waals surface area contributed by atoms with E-state index in [9.17, 15) is 4.79 Å². The Hall–Kier alpha value is -0.850. The van der Waals surface area contributed by atoms with Gasteiger partial charge in [0, 0.05) is 19.6 Å². The summed E-state index contributed by atoms with van der Waals surface area (Å²) in [6.45, 7) is 8.77. The van der Waals surface area contributed by atoms with Crippen LogP contribution >= 0.6 is 0 Å². The summed E-state index contributed by atoms with van der Waals surface area (Å²) in [6.07, 6.45) is -0.432. The first-order chi connectivity index (χ1) is 8.44. The first-order valence-electron chi connectivity index (χ1n) is 6.40. The first kappa shape index (κ1) is 13.6. The zero-order chi connectivity index (χ0) is 13.2. The molecular formula is C12H22N2O4. The fourth-order valence-electron chi connectivity index (χ4n) is 1.77. The van der Waals surface area contributed by atoms with Crippen molar-refractivity contribution in [2.24, 2.45) is 0 Å². The van der Waals surface area contributed by atoms with Crippen molar-refractivity contribution >= 4 is 6.09 Å². The second-order valence-electron chi connectivity index (χ2n) is 5.64. The number of morpholine rings is 1. The molecule has 2 aliphatic heterocycles. The topological polar surface area (TPSA) is 60.0 Å². The Bertz CT molecular complexity index is 299. The van der Waals surface area contributed by atoms with Crippen LogP contribution in [0, 0.1) is 0 Å². The monoisotopic (exact) mass is 258 g/mol. The molecule has 2 rings (SSSR count). The van der Waals surface area contributed by atoms with Gasteiger partial charge in [-0.1, -0.05) is 0 Å². The third-order valence-electron chi connectivity index (χ3n) is 2.77. The van der Waals surface area contributed by atoms with Gasteiger partial charge in [-0.2, -0.15) is 0 Å². The molecule has 18 heavy (non-hydrogen) atoms. The van der Waals surface area contributed by atoms with Crippen LogP contribution in [0.15, 0.2) is 0 Å². The van der Waals surface area contributed by atoms with Crippen molar-refractivity contribution in [3.05, 3.63) is 0 Å². The number of hydrogen-bond acceptors (Lipinski definition) is 5. The Balaban J connectivity index is 1.80. The fourth-order valence-corrected chi connectivity index (χ4v) is 1.77. The highest BCUT2D eigenvalue weighted by Crippen LogP contribution is 2.15. The van der Waals surface area contributed by atoms with Crippen LogP contribution in [-0.4, -0.2) is 61.8 Å². The van der Waals surface area contributed by atoms with Gasteiger partial charge in [-0.05, 0) is 20.8 Å². The molecule has 104 valence electrons. The minimum Gasteiger partial charge on any atom is -0.444 e. The summed E-state index contributed by atoms with van der Waals surface area (Å²) in [4.78, 5) is 13.6. The van der Waals surface area contributed by atoms with E-state index < -0.39 is 5.60 Å². The maximum Gasteiger partial charge on any atom is 0.410 e. The van der Waals surface area contributed by atoms with Crippen molar-refractivity contribution in [3.8, 4) is 0 Å². The summed E-state index contributed by atoms with van der Waals surface area (Å²) in [5.74, 6) is 0. The molecule has 1 unspecified atom stereocenters. The van der Waals surface area contributed by atoms with Crippen molar-refractivity contribution in [2.75, 3.05) is 32.8 Å². The lowest BCUT2D eigenvalue weighted by Gasteiger charge is -2.37. The highest BCUT2D eigenvalue weighted by Gasteiger charge is 2.31. The van der Waals surface area contributed by atoms with Gasteiger partial charge in [0.1, 0.15) is 5.60 Å². The number of rotatable bonds is 2. The van der Waals surface area contributed by atoms with Gasteiger partial charge < -0.3 is 24.4 Å². The van der Waals surface area contributed by atoms with Crippen molar-refractivity contribution in [1.29, 1.82) is 0 Å². The van der Waals surface area contributed by atoms with E-state index in [1.807, 2.05) is 20.8 Å². The average Bonchev–Trinajstić information content (AvgIpc) is 2.22. The molecule has 0 spiro atoms. The molecule has 1 amide bonds. The maximum absolute atomic E-state index is 11.9. The molecule has 0 aromatic rings. The molecule has 1 atom stereocenters. The fraction of sp³-hybridized carbons (Fsp3) is 0.917. The second-order valence-corrected chi connectivity index (χ2v) is 5.64. The molecule has 0 saturated carbocycles. The SMILES string of the molecule is CC(C)(C)OC(=O)N1CCOC(OC2CNC2)C1. The lowest BCUT2D eigenvalue weighted by atomic mass is 10.2. The number of nitrogens with one attached hydrogen (secondary N) is 1. The van der Waals surface area contributed by atoms with E-state index in [4.69, 9.17) is 14.2 Å². The van der Waals surface area contributed by atoms with E-state index in [1.165, 1.54) is 0 Å². The molecule has 0 bridgehead atoms. The minimum absolute atomic E-state index is 0.202. The summed E-state index contributed by atoms with van der Waals surface area (Å²) in [6, 6.07) is 0. The molecule has 0 aromatic heterocycles. The lowest BCUT2D eigenvalue weighted by Crippen LogP contribution is -2.54. The smallest absolute Gasteiger partial charge is 0.410 e. The van der Waals surface area contributed by atoms with E-state index >= 15 is 0 Å². The number of carbonyl (C=O) groups is 1. The van der Waals surface area contributed by atoms with Gasteiger partial charge in [0.15, 0.2) is 6.29 Å². The Morgan fingerprint density at radius 1 is 1.39 bits per heavy atom. The van der Waals surface area contributed by atoms with E-state index in [0.717, 1.165) is 13.1 Å². The van der Waals surface area contributed by atoms with E-state index in [0.29, 0.717) is 19.7 Å². The zero-order valence-electron chi connectivity index (χ0n) is 11.3. The second kappa shape index (κ2) is 5.42. The molecule has 1 N–H and O–H groups in total. The summed E-state index contributed by atoms with van der Waals surface area (Å²) in [5.41, 5.74) is -0.469. The standard InChI is InChI=1S/C12H22N2O4/c1-12(2,3)18-11(15)14-4-5-16-10(8-14)17-9-6-13-7-9/h9-10,13H,4-8H2,1-3H3. The summed E-state index contributed by atoms with van der Waals surface area (Å²) in [5, 5.41) is 3.13. The van der Waals surface area contributed by atoms with Crippen LogP contribution < -0.4 is 5.32 Å². The van der Waals surface area contributed by atoms with Crippen LogP contribution in [0.3, 0.4) is 0 Å². The molecule has 0 aromatic carbocycles. The molecular weight excluding hydrogens is 236 g/mol. The van der Waals surface area contributed by atoms with Crippen LogP contribution in [0.5, 0.6) is 0 Å². The third kappa shape index (κ3) is 3.83. The van der Waals surface area contributed by atoms with Gasteiger partial charge in [0.05, 0.1) is 19.3 Å². The first-order valence-corrected chi connectivity index (χ1v) is 6.40. The van der Waals surface area contributed by atoms with Crippen LogP contribution in [-0.2, 0) is 14.2 Å². The van der Waals surface area contributed by atoms with Crippen LogP contribution in [0.4, 0.5) is 4.79 Å². The van der Waals surface area contributed by atoms with Crippen LogP contribution in [0.1, 0.15) is 20.8 Å². The van der Waals surface area contributed by atoms with E-state index in [-0.39, 0.29) is 18.5 Å². The highest BCUT2D eigenvalue weighted by molar-refractivity contribution is 5.68. The third-order valence-corrected chi connectivity index (χ3v) is 2.77. The van der Waals surface area contributed by atoms with E-state index in [1.54, 1.807) is 4.90 Å². The quantitative estimate of drug-likeness (QED) is 0.784. The summed E-state index contributed by atoms with van der Waals surface area (Å²) in [7, 11) is 0. The van der Waals surface area contributed by atoms with Crippen molar-refractivity contribution in [1.82, 2.24) is 10.2 Å². The molecule has 2 heterocycles. The number of nitrogens with zero attached hydrogens (tertiary/aromatic N) is 1. The van der Waals surface area contributed by atoms with Crippen molar-refractivity contribution in [3.63, 3.8) is 0 Å². The molecule has 0 radical (unpaired) electrons. The zero-order valence-corrected chi connectivity index (χ0v) is 11.3. The average molecular weight is 258 g/mol. The number of amides is 1. The summed E-state index contributed by atoms with van der Waals surface area (Å²) < 4.78 is 16.5. The van der Waals surface area contributed by atoms with Gasteiger partial charge in [0.2, 0.25) is 0 Å². The molecule has 2 saturated heterocycles. The number of hydrogen-bond donors (Lipinski definition) is 1. The Morgan fingerprint density at radius 3 is 2.67 bits per heavy atom. The largest absolute Gasteiger partial charge is 0.444 e. The predicted octanol–water partition coefficient (Wildman–Crippen LogP) is 0.568. The van der Waals surface area contributed by atoms with Gasteiger partial charge in [0.25, 0.3) is 0 Å². The molecule has 6 nitrogen and oxygen atoms in total. The summed E-state index contributed by atoms with van der Waals surface area (Å²) >= 11 is 0. The van der Waals surface area contributed by atoms with Gasteiger partial charge in [-0.3, -0.25) is 0 Å².